The highest BCUT2D eigenvalue weighted by Gasteiger charge is 2.17. The highest BCUT2D eigenvalue weighted by molar-refractivity contribution is 9.10. The quantitative estimate of drug-likeness (QED) is 0.568. The van der Waals surface area contributed by atoms with E-state index in [1.807, 2.05) is 6.92 Å². The van der Waals surface area contributed by atoms with Crippen LogP contribution in [-0.4, -0.2) is 56.3 Å². The Labute approximate surface area is 151 Å². The van der Waals surface area contributed by atoms with E-state index in [2.05, 4.69) is 43.4 Å². The van der Waals surface area contributed by atoms with Crippen LogP contribution >= 0.6 is 15.9 Å². The van der Waals surface area contributed by atoms with Gasteiger partial charge < -0.3 is 15.4 Å². The Morgan fingerprint density at radius 3 is 2.83 bits per heavy atom. The summed E-state index contributed by atoms with van der Waals surface area (Å²) in [5.74, 6) is 0.469. The van der Waals surface area contributed by atoms with Gasteiger partial charge in [-0.05, 0) is 32.0 Å². The molecule has 0 aromatic heterocycles. The Morgan fingerprint density at radius 1 is 1.38 bits per heavy atom. The summed E-state index contributed by atoms with van der Waals surface area (Å²) in [6.45, 7) is 9.55. The monoisotopic (exact) mass is 400 g/mol. The molecule has 7 heteroatoms. The standard InChI is InChI=1S/C17H26BrFN4O/c1-3-20-17(21-11-13(2)23-6-8-24-9-7-23)22-12-14-10-15(18)4-5-16(14)19/h4-5,10,13H,3,6-9,11-12H2,1-2H3,(H2,20,21,22). The number of ether oxygens (including phenoxy) is 1. The number of rotatable bonds is 6. The predicted molar refractivity (Wildman–Crippen MR) is 98.8 cm³/mol. The molecule has 0 spiro atoms. The predicted octanol–water partition coefficient (Wildman–Crippen LogP) is 2.36. The SMILES string of the molecule is CCNC(=NCc1cc(Br)ccc1F)NCC(C)N1CCOCC1. The molecule has 1 atom stereocenters. The summed E-state index contributed by atoms with van der Waals surface area (Å²) in [5, 5.41) is 6.55. The van der Waals surface area contributed by atoms with Crippen LogP contribution in [0, 0.1) is 5.82 Å². The van der Waals surface area contributed by atoms with Crippen LogP contribution in [0.4, 0.5) is 4.39 Å². The van der Waals surface area contributed by atoms with Crippen molar-refractivity contribution in [3.05, 3.63) is 34.1 Å². The van der Waals surface area contributed by atoms with Gasteiger partial charge in [-0.15, -0.1) is 0 Å². The molecule has 2 rings (SSSR count). The van der Waals surface area contributed by atoms with Crippen molar-refractivity contribution in [1.82, 2.24) is 15.5 Å². The van der Waals surface area contributed by atoms with Gasteiger partial charge in [0.05, 0.1) is 19.8 Å². The van der Waals surface area contributed by atoms with Gasteiger partial charge in [0.2, 0.25) is 0 Å². The van der Waals surface area contributed by atoms with E-state index in [1.165, 1.54) is 6.07 Å². The largest absolute Gasteiger partial charge is 0.379 e. The smallest absolute Gasteiger partial charge is 0.191 e. The second kappa shape index (κ2) is 9.96. The fourth-order valence-electron chi connectivity index (χ4n) is 2.56. The van der Waals surface area contributed by atoms with E-state index in [9.17, 15) is 4.39 Å². The molecule has 1 aliphatic rings. The lowest BCUT2D eigenvalue weighted by atomic mass is 10.2. The summed E-state index contributed by atoms with van der Waals surface area (Å²) in [6.07, 6.45) is 0. The van der Waals surface area contributed by atoms with Crippen LogP contribution in [0.2, 0.25) is 0 Å². The number of hydrogen-bond donors (Lipinski definition) is 2. The van der Waals surface area contributed by atoms with Crippen LogP contribution in [0.1, 0.15) is 19.4 Å². The fourth-order valence-corrected chi connectivity index (χ4v) is 2.97. The second-order valence-electron chi connectivity index (χ2n) is 5.81. The zero-order valence-electron chi connectivity index (χ0n) is 14.3. The zero-order chi connectivity index (χ0) is 17.4. The van der Waals surface area contributed by atoms with E-state index < -0.39 is 0 Å². The number of nitrogens with zero attached hydrogens (tertiary/aromatic N) is 2. The molecule has 0 amide bonds. The minimum atomic E-state index is -0.237. The molecule has 0 radical (unpaired) electrons. The third-order valence-electron chi connectivity index (χ3n) is 3.99. The topological polar surface area (TPSA) is 48.9 Å². The van der Waals surface area contributed by atoms with Crippen molar-refractivity contribution in [3.8, 4) is 0 Å². The maximum Gasteiger partial charge on any atom is 0.191 e. The summed E-state index contributed by atoms with van der Waals surface area (Å²) in [7, 11) is 0. The average molecular weight is 401 g/mol. The zero-order valence-corrected chi connectivity index (χ0v) is 15.9. The van der Waals surface area contributed by atoms with Gasteiger partial charge in [0.1, 0.15) is 5.82 Å². The van der Waals surface area contributed by atoms with Crippen LogP contribution < -0.4 is 10.6 Å². The van der Waals surface area contributed by atoms with Crippen molar-refractivity contribution in [3.63, 3.8) is 0 Å². The van der Waals surface area contributed by atoms with E-state index >= 15 is 0 Å². The van der Waals surface area contributed by atoms with Gasteiger partial charge in [0, 0.05) is 42.3 Å². The minimum Gasteiger partial charge on any atom is -0.379 e. The number of benzene rings is 1. The van der Waals surface area contributed by atoms with Gasteiger partial charge in [-0.2, -0.15) is 0 Å². The van der Waals surface area contributed by atoms with Crippen molar-refractivity contribution in [2.45, 2.75) is 26.4 Å². The molecule has 0 aliphatic carbocycles. The maximum atomic E-state index is 13.8. The molecule has 5 nitrogen and oxygen atoms in total. The van der Waals surface area contributed by atoms with Crippen LogP contribution in [0.15, 0.2) is 27.7 Å². The first-order valence-corrected chi connectivity index (χ1v) is 9.17. The Balaban J connectivity index is 1.91. The van der Waals surface area contributed by atoms with E-state index in [4.69, 9.17) is 4.74 Å². The normalized spacial score (nSPS) is 17.6. The molecule has 1 unspecified atom stereocenters. The lowest BCUT2D eigenvalue weighted by molar-refractivity contribution is 0.0211. The van der Waals surface area contributed by atoms with Crippen molar-refractivity contribution >= 4 is 21.9 Å². The fraction of sp³-hybridized carbons (Fsp3) is 0.588. The van der Waals surface area contributed by atoms with Crippen molar-refractivity contribution in [1.29, 1.82) is 0 Å². The first-order chi connectivity index (χ1) is 11.6. The molecule has 1 saturated heterocycles. The molecule has 1 aromatic rings. The van der Waals surface area contributed by atoms with Gasteiger partial charge in [0.25, 0.3) is 0 Å². The molecular formula is C17H26BrFN4O. The maximum absolute atomic E-state index is 13.8. The second-order valence-corrected chi connectivity index (χ2v) is 6.72. The van der Waals surface area contributed by atoms with Crippen molar-refractivity contribution in [2.24, 2.45) is 4.99 Å². The van der Waals surface area contributed by atoms with Crippen molar-refractivity contribution < 1.29 is 9.13 Å². The molecular weight excluding hydrogens is 375 g/mol. The highest BCUT2D eigenvalue weighted by atomic mass is 79.9. The van der Waals surface area contributed by atoms with Gasteiger partial charge in [-0.1, -0.05) is 15.9 Å². The van der Waals surface area contributed by atoms with E-state index in [1.54, 1.807) is 12.1 Å². The van der Waals surface area contributed by atoms with E-state index in [-0.39, 0.29) is 5.82 Å². The van der Waals surface area contributed by atoms with Gasteiger partial charge in [-0.3, -0.25) is 4.90 Å². The third-order valence-corrected chi connectivity index (χ3v) is 4.49. The number of aliphatic imine (C=N–C) groups is 1. The van der Waals surface area contributed by atoms with Crippen molar-refractivity contribution in [2.75, 3.05) is 39.4 Å². The molecule has 134 valence electrons. The number of halogens is 2. The number of hydrogen-bond acceptors (Lipinski definition) is 3. The molecule has 0 bridgehead atoms. The van der Waals surface area contributed by atoms with E-state index in [0.29, 0.717) is 24.1 Å². The molecule has 1 aromatic carbocycles. The third kappa shape index (κ3) is 6.03. The van der Waals surface area contributed by atoms with Crippen LogP contribution in [0.3, 0.4) is 0 Å². The first kappa shape index (κ1) is 19.1. The first-order valence-electron chi connectivity index (χ1n) is 8.38. The van der Waals surface area contributed by atoms with Gasteiger partial charge in [-0.25, -0.2) is 9.38 Å². The van der Waals surface area contributed by atoms with Gasteiger partial charge >= 0.3 is 0 Å². The summed E-state index contributed by atoms with van der Waals surface area (Å²) < 4.78 is 20.1. The van der Waals surface area contributed by atoms with Crippen LogP contribution in [0.5, 0.6) is 0 Å². The number of guanidine groups is 1. The summed E-state index contributed by atoms with van der Waals surface area (Å²) in [4.78, 5) is 6.89. The Kier molecular flexibility index (Phi) is 7.94. The Morgan fingerprint density at radius 2 is 2.12 bits per heavy atom. The van der Waals surface area contributed by atoms with E-state index in [0.717, 1.165) is 43.9 Å². The molecule has 1 heterocycles. The molecule has 1 fully saturated rings. The number of morpholine rings is 1. The van der Waals surface area contributed by atoms with Crippen LogP contribution in [0.25, 0.3) is 0 Å². The molecule has 2 N–H and O–H groups in total. The summed E-state index contributed by atoms with van der Waals surface area (Å²) >= 11 is 3.37. The highest BCUT2D eigenvalue weighted by Crippen LogP contribution is 2.16. The molecule has 1 aliphatic heterocycles. The summed E-state index contributed by atoms with van der Waals surface area (Å²) in [5.41, 5.74) is 0.572. The number of nitrogens with one attached hydrogen (secondary N) is 2. The Hall–Kier alpha value is -1.18. The summed E-state index contributed by atoms with van der Waals surface area (Å²) in [6, 6.07) is 5.30. The minimum absolute atomic E-state index is 0.237. The lowest BCUT2D eigenvalue weighted by Crippen LogP contribution is -2.49. The molecule has 0 saturated carbocycles. The van der Waals surface area contributed by atoms with Crippen LogP contribution in [-0.2, 0) is 11.3 Å². The molecule has 24 heavy (non-hydrogen) atoms. The van der Waals surface area contributed by atoms with Gasteiger partial charge in [0.15, 0.2) is 5.96 Å². The Bertz CT molecular complexity index is 549. The lowest BCUT2D eigenvalue weighted by Gasteiger charge is -2.32. The average Bonchev–Trinajstić information content (AvgIpc) is 2.60.